The SMILES string of the molecule is O=CNc1nc(-c2ccccc2Cl)n(-c2ccc(Cl)cc2)c1C(=O)NCc1ccc(Cl)cc1. The Kier molecular flexibility index (Phi) is 6.99. The summed E-state index contributed by atoms with van der Waals surface area (Å²) in [6.45, 7) is 0.254. The van der Waals surface area contributed by atoms with Crippen molar-refractivity contribution in [3.05, 3.63) is 99.1 Å². The highest BCUT2D eigenvalue weighted by Gasteiger charge is 2.26. The van der Waals surface area contributed by atoms with Gasteiger partial charge in [0, 0.05) is 27.8 Å². The van der Waals surface area contributed by atoms with Crippen LogP contribution < -0.4 is 10.6 Å². The maximum absolute atomic E-state index is 13.4. The van der Waals surface area contributed by atoms with Crippen molar-refractivity contribution in [2.75, 3.05) is 5.32 Å². The van der Waals surface area contributed by atoms with Crippen LogP contribution in [0.2, 0.25) is 15.1 Å². The molecule has 0 atom stereocenters. The number of hydrogen-bond acceptors (Lipinski definition) is 3. The number of nitrogens with one attached hydrogen (secondary N) is 2. The molecule has 0 aliphatic carbocycles. The maximum atomic E-state index is 13.4. The van der Waals surface area contributed by atoms with E-state index in [1.54, 1.807) is 59.2 Å². The van der Waals surface area contributed by atoms with Crippen LogP contribution in [-0.4, -0.2) is 21.9 Å². The molecule has 1 aromatic heterocycles. The van der Waals surface area contributed by atoms with Crippen LogP contribution in [0.15, 0.2) is 72.8 Å². The van der Waals surface area contributed by atoms with Gasteiger partial charge in [0.2, 0.25) is 6.41 Å². The zero-order valence-electron chi connectivity index (χ0n) is 17.1. The highest BCUT2D eigenvalue weighted by Crippen LogP contribution is 2.33. The first kappa shape index (κ1) is 22.9. The van der Waals surface area contributed by atoms with Gasteiger partial charge in [-0.25, -0.2) is 4.98 Å². The van der Waals surface area contributed by atoms with Crippen LogP contribution in [0.3, 0.4) is 0 Å². The molecule has 0 aliphatic rings. The van der Waals surface area contributed by atoms with Crippen LogP contribution in [0.1, 0.15) is 16.1 Å². The minimum absolute atomic E-state index is 0.100. The number of rotatable bonds is 7. The lowest BCUT2D eigenvalue weighted by atomic mass is 10.2. The second kappa shape index (κ2) is 10.1. The van der Waals surface area contributed by atoms with Gasteiger partial charge in [0.25, 0.3) is 5.91 Å². The summed E-state index contributed by atoms with van der Waals surface area (Å²) in [6, 6.07) is 21.2. The summed E-state index contributed by atoms with van der Waals surface area (Å²) in [5, 5.41) is 7.00. The van der Waals surface area contributed by atoms with Gasteiger partial charge in [0.15, 0.2) is 11.5 Å². The predicted octanol–water partition coefficient (Wildman–Crippen LogP) is 6.00. The molecule has 4 rings (SSSR count). The Morgan fingerprint density at radius 3 is 2.18 bits per heavy atom. The average molecular weight is 500 g/mol. The lowest BCUT2D eigenvalue weighted by Gasteiger charge is -2.14. The number of benzene rings is 3. The summed E-state index contributed by atoms with van der Waals surface area (Å²) in [5.74, 6) is 0.0578. The molecule has 9 heteroatoms. The molecule has 4 aromatic rings. The zero-order valence-corrected chi connectivity index (χ0v) is 19.3. The molecule has 2 N–H and O–H groups in total. The Balaban J connectivity index is 1.83. The highest BCUT2D eigenvalue weighted by molar-refractivity contribution is 6.33. The van der Waals surface area contributed by atoms with Crippen LogP contribution in [0.25, 0.3) is 17.1 Å². The van der Waals surface area contributed by atoms with Crippen molar-refractivity contribution in [3.63, 3.8) is 0 Å². The standard InChI is InChI=1S/C24H17Cl3N4O2/c25-16-7-5-15(6-8-16)13-28-24(33)21-22(29-14-32)30-23(19-3-1-2-4-20(19)27)31(21)18-11-9-17(26)10-12-18/h1-12,14H,13H2,(H,28,33)(H,29,32). The number of carbonyl (C=O) groups excluding carboxylic acids is 2. The smallest absolute Gasteiger partial charge is 0.272 e. The van der Waals surface area contributed by atoms with Gasteiger partial charge in [0.05, 0.1) is 5.02 Å². The van der Waals surface area contributed by atoms with Gasteiger partial charge in [-0.3, -0.25) is 14.2 Å². The van der Waals surface area contributed by atoms with Gasteiger partial charge in [-0.05, 0) is 54.1 Å². The minimum atomic E-state index is -0.435. The van der Waals surface area contributed by atoms with E-state index in [4.69, 9.17) is 34.8 Å². The zero-order chi connectivity index (χ0) is 23.4. The molecule has 0 aliphatic heterocycles. The molecular formula is C24H17Cl3N4O2. The van der Waals surface area contributed by atoms with Crippen molar-refractivity contribution in [2.24, 2.45) is 0 Å². The second-order valence-corrected chi connectivity index (χ2v) is 8.28. The number of carbonyl (C=O) groups is 2. The molecule has 33 heavy (non-hydrogen) atoms. The van der Waals surface area contributed by atoms with E-state index in [0.717, 1.165) is 5.56 Å². The number of amides is 2. The first-order valence-electron chi connectivity index (χ1n) is 9.84. The van der Waals surface area contributed by atoms with E-state index in [0.29, 0.717) is 38.6 Å². The Bertz CT molecular complexity index is 1300. The van der Waals surface area contributed by atoms with Gasteiger partial charge in [0.1, 0.15) is 5.82 Å². The number of aromatic nitrogens is 2. The second-order valence-electron chi connectivity index (χ2n) is 7.00. The molecule has 6 nitrogen and oxygen atoms in total. The van der Waals surface area contributed by atoms with Gasteiger partial charge in [-0.15, -0.1) is 0 Å². The molecule has 0 unspecified atom stereocenters. The van der Waals surface area contributed by atoms with Crippen molar-refractivity contribution in [1.82, 2.24) is 14.9 Å². The van der Waals surface area contributed by atoms with Crippen LogP contribution >= 0.6 is 34.8 Å². The Morgan fingerprint density at radius 2 is 1.55 bits per heavy atom. The third-order valence-corrected chi connectivity index (χ3v) is 5.69. The van der Waals surface area contributed by atoms with Crippen LogP contribution in [0.5, 0.6) is 0 Å². The van der Waals surface area contributed by atoms with Crippen molar-refractivity contribution in [3.8, 4) is 17.1 Å². The number of imidazole rings is 1. The average Bonchev–Trinajstić information content (AvgIpc) is 3.18. The fourth-order valence-corrected chi connectivity index (χ4v) is 3.79. The molecule has 0 saturated carbocycles. The molecule has 1 heterocycles. The van der Waals surface area contributed by atoms with Crippen molar-refractivity contribution >= 4 is 52.9 Å². The summed E-state index contributed by atoms with van der Waals surface area (Å²) in [6.07, 6.45) is 0.473. The van der Waals surface area contributed by atoms with E-state index in [9.17, 15) is 9.59 Å². The summed E-state index contributed by atoms with van der Waals surface area (Å²) >= 11 is 18.5. The minimum Gasteiger partial charge on any atom is -0.347 e. The molecule has 0 fully saturated rings. The van der Waals surface area contributed by atoms with Crippen molar-refractivity contribution in [2.45, 2.75) is 6.54 Å². The third-order valence-electron chi connectivity index (χ3n) is 4.85. The monoisotopic (exact) mass is 498 g/mol. The molecule has 2 amide bonds. The van der Waals surface area contributed by atoms with E-state index in [1.165, 1.54) is 0 Å². The van der Waals surface area contributed by atoms with Gasteiger partial charge < -0.3 is 10.6 Å². The molecule has 0 radical (unpaired) electrons. The first-order chi connectivity index (χ1) is 16.0. The lowest BCUT2D eigenvalue weighted by molar-refractivity contribution is -0.105. The highest BCUT2D eigenvalue weighted by atomic mass is 35.5. The van der Waals surface area contributed by atoms with E-state index >= 15 is 0 Å². The normalized spacial score (nSPS) is 10.6. The van der Waals surface area contributed by atoms with Crippen LogP contribution in [0, 0.1) is 0 Å². The van der Waals surface area contributed by atoms with Crippen LogP contribution in [0.4, 0.5) is 5.82 Å². The maximum Gasteiger partial charge on any atom is 0.272 e. The summed E-state index contributed by atoms with van der Waals surface area (Å²) < 4.78 is 1.64. The number of halogens is 3. The summed E-state index contributed by atoms with van der Waals surface area (Å²) in [7, 11) is 0. The van der Waals surface area contributed by atoms with Gasteiger partial charge in [-0.2, -0.15) is 0 Å². The molecule has 0 spiro atoms. The van der Waals surface area contributed by atoms with Crippen LogP contribution in [-0.2, 0) is 11.3 Å². The fourth-order valence-electron chi connectivity index (χ4n) is 3.32. The Hall–Kier alpha value is -3.32. The number of hydrogen-bond donors (Lipinski definition) is 2. The Morgan fingerprint density at radius 1 is 0.909 bits per heavy atom. The van der Waals surface area contributed by atoms with Crippen molar-refractivity contribution < 1.29 is 9.59 Å². The van der Waals surface area contributed by atoms with E-state index < -0.39 is 5.91 Å². The predicted molar refractivity (Wildman–Crippen MR) is 131 cm³/mol. The molecular weight excluding hydrogens is 483 g/mol. The molecule has 0 bridgehead atoms. The fraction of sp³-hybridized carbons (Fsp3) is 0.0417. The molecule has 0 saturated heterocycles. The lowest BCUT2D eigenvalue weighted by Crippen LogP contribution is -2.26. The molecule has 3 aromatic carbocycles. The summed E-state index contributed by atoms with van der Waals surface area (Å²) in [5.41, 5.74) is 2.23. The topological polar surface area (TPSA) is 76.0 Å². The van der Waals surface area contributed by atoms with Crippen molar-refractivity contribution in [1.29, 1.82) is 0 Å². The number of nitrogens with zero attached hydrogens (tertiary/aromatic N) is 2. The first-order valence-corrected chi connectivity index (χ1v) is 11.0. The van der Waals surface area contributed by atoms with E-state index in [1.807, 2.05) is 18.2 Å². The van der Waals surface area contributed by atoms with Gasteiger partial charge >= 0.3 is 0 Å². The van der Waals surface area contributed by atoms with E-state index in [-0.39, 0.29) is 18.1 Å². The van der Waals surface area contributed by atoms with E-state index in [2.05, 4.69) is 15.6 Å². The quantitative estimate of drug-likeness (QED) is 0.306. The molecule has 166 valence electrons. The number of anilines is 1. The largest absolute Gasteiger partial charge is 0.347 e. The van der Waals surface area contributed by atoms with Gasteiger partial charge in [-0.1, -0.05) is 59.1 Å². The summed E-state index contributed by atoms with van der Waals surface area (Å²) in [4.78, 5) is 29.2. The third kappa shape index (κ3) is 5.03. The Labute approximate surface area is 205 Å².